The predicted molar refractivity (Wildman–Crippen MR) is 42.3 cm³/mol. The molecule has 0 amide bonds. The average Bonchev–Trinajstić information content (AvgIpc) is 2.02. The second-order valence-corrected chi connectivity index (χ2v) is 2.43. The van der Waals surface area contributed by atoms with Gasteiger partial charge in [0.2, 0.25) is 0 Å². The zero-order valence-corrected chi connectivity index (χ0v) is 6.67. The van der Waals surface area contributed by atoms with Gasteiger partial charge in [-0.15, -0.1) is 0 Å². The molecule has 0 rings (SSSR count). The van der Waals surface area contributed by atoms with Gasteiger partial charge in [0.1, 0.15) is 12.2 Å². The minimum absolute atomic E-state index is 0.193. The summed E-state index contributed by atoms with van der Waals surface area (Å²) in [6, 6.07) is 0. The molecule has 0 bridgehead atoms. The predicted octanol–water partition coefficient (Wildman–Crippen LogP) is -0.572. The lowest BCUT2D eigenvalue weighted by atomic mass is 10.1. The van der Waals surface area contributed by atoms with Crippen LogP contribution >= 0.6 is 12.2 Å². The van der Waals surface area contributed by atoms with Gasteiger partial charge in [-0.1, -0.05) is 12.2 Å². The lowest BCUT2D eigenvalue weighted by Crippen LogP contribution is -2.38. The van der Waals surface area contributed by atoms with Crippen molar-refractivity contribution in [3.05, 3.63) is 0 Å². The summed E-state index contributed by atoms with van der Waals surface area (Å²) in [7, 11) is 0. The molecule has 0 saturated carbocycles. The van der Waals surface area contributed by atoms with Crippen molar-refractivity contribution < 1.29 is 19.7 Å². The number of halogens is 1. The van der Waals surface area contributed by atoms with E-state index in [0.717, 1.165) is 5.37 Å². The van der Waals surface area contributed by atoms with Crippen LogP contribution in [-0.2, 0) is 0 Å². The molecule has 66 valence electrons. The molecule has 3 atom stereocenters. The summed E-state index contributed by atoms with van der Waals surface area (Å²) in [6.45, 7) is -0.734. The molecular weight excluding hydrogens is 171 g/mol. The van der Waals surface area contributed by atoms with E-state index in [1.54, 1.807) is 0 Å². The van der Waals surface area contributed by atoms with E-state index in [1.165, 1.54) is 0 Å². The number of hydrogen-bond donors (Lipinski definition) is 3. The number of hydrogen-bond acceptors (Lipinski definition) is 4. The van der Waals surface area contributed by atoms with Gasteiger partial charge in [0.05, 0.1) is 12.8 Å². The molecule has 0 heterocycles. The average molecular weight is 182 g/mol. The fourth-order valence-electron chi connectivity index (χ4n) is 0.591. The Hall–Kier alpha value is -0.100. The van der Waals surface area contributed by atoms with E-state index in [0.29, 0.717) is 0 Å². The maximum Gasteiger partial charge on any atom is 0.111 e. The Morgan fingerprint density at radius 2 is 1.91 bits per heavy atom. The van der Waals surface area contributed by atoms with Gasteiger partial charge >= 0.3 is 0 Å². The third-order valence-corrected chi connectivity index (χ3v) is 1.57. The van der Waals surface area contributed by atoms with Crippen LogP contribution in [0, 0.1) is 0 Å². The van der Waals surface area contributed by atoms with Crippen LogP contribution in [0.25, 0.3) is 0 Å². The quantitative estimate of drug-likeness (QED) is 0.498. The molecule has 0 aliphatic rings. The zero-order valence-electron chi connectivity index (χ0n) is 5.85. The van der Waals surface area contributed by atoms with Gasteiger partial charge in [-0.2, -0.15) is 0 Å². The van der Waals surface area contributed by atoms with Crippen molar-refractivity contribution in [3.8, 4) is 0 Å². The summed E-state index contributed by atoms with van der Waals surface area (Å²) >= 11 is 4.31. The van der Waals surface area contributed by atoms with Crippen molar-refractivity contribution in [1.82, 2.24) is 0 Å². The zero-order chi connectivity index (χ0) is 8.85. The summed E-state index contributed by atoms with van der Waals surface area (Å²) in [5, 5.41) is 27.6. The first-order valence-electron chi connectivity index (χ1n) is 3.19. The Bertz CT molecular complexity index is 122. The summed E-state index contributed by atoms with van der Waals surface area (Å²) in [5.74, 6) is 0. The number of rotatable bonds is 5. The van der Waals surface area contributed by atoms with Crippen LogP contribution in [0.2, 0.25) is 0 Å². The van der Waals surface area contributed by atoms with Crippen molar-refractivity contribution in [3.63, 3.8) is 0 Å². The van der Waals surface area contributed by atoms with E-state index in [9.17, 15) is 4.39 Å². The van der Waals surface area contributed by atoms with Crippen LogP contribution in [0.1, 0.15) is 6.42 Å². The molecule has 0 aliphatic heterocycles. The molecule has 0 radical (unpaired) electrons. The van der Waals surface area contributed by atoms with E-state index in [-0.39, 0.29) is 6.42 Å². The molecule has 3 N–H and O–H groups in total. The van der Waals surface area contributed by atoms with Crippen molar-refractivity contribution in [2.24, 2.45) is 0 Å². The number of aliphatic hydroxyl groups is 3. The van der Waals surface area contributed by atoms with Crippen molar-refractivity contribution >= 4 is 17.6 Å². The highest BCUT2D eigenvalue weighted by Crippen LogP contribution is 2.03. The van der Waals surface area contributed by atoms with E-state index in [4.69, 9.17) is 15.3 Å². The van der Waals surface area contributed by atoms with Gasteiger partial charge < -0.3 is 15.3 Å². The van der Waals surface area contributed by atoms with Crippen LogP contribution < -0.4 is 0 Å². The van der Waals surface area contributed by atoms with Gasteiger partial charge in [-0.25, -0.2) is 0 Å². The lowest BCUT2D eigenvalue weighted by Gasteiger charge is -2.18. The molecule has 0 aliphatic carbocycles. The molecule has 11 heavy (non-hydrogen) atoms. The molecule has 0 spiro atoms. The van der Waals surface area contributed by atoms with E-state index >= 15 is 0 Å². The van der Waals surface area contributed by atoms with Crippen LogP contribution in [-0.4, -0.2) is 45.7 Å². The molecule has 0 fully saturated rings. The standard InChI is InChI=1S/C6H11FO3S/c7-2-1-4(8)6(10)5(9)3-11/h3-6,8-10H,1-2H2/t4-,5+,6-/m1/s1. The van der Waals surface area contributed by atoms with Crippen molar-refractivity contribution in [2.75, 3.05) is 6.67 Å². The summed E-state index contributed by atoms with van der Waals surface area (Å²) < 4.78 is 11.6. The SMILES string of the molecule is O[C@H]([C@H](O)CCF)[C@@H](O)C=S. The fraction of sp³-hybridized carbons (Fsp3) is 0.833. The summed E-state index contributed by atoms with van der Waals surface area (Å²) in [6.07, 6.45) is -4.11. The molecule has 0 aromatic heterocycles. The van der Waals surface area contributed by atoms with Crippen LogP contribution in [0.4, 0.5) is 4.39 Å². The van der Waals surface area contributed by atoms with Gasteiger partial charge in [0.15, 0.2) is 0 Å². The van der Waals surface area contributed by atoms with Crippen LogP contribution in [0.5, 0.6) is 0 Å². The Morgan fingerprint density at radius 1 is 1.36 bits per heavy atom. The van der Waals surface area contributed by atoms with Crippen LogP contribution in [0.15, 0.2) is 0 Å². The van der Waals surface area contributed by atoms with Gasteiger partial charge in [-0.05, 0) is 0 Å². The van der Waals surface area contributed by atoms with E-state index in [2.05, 4.69) is 12.2 Å². The second-order valence-electron chi connectivity index (χ2n) is 2.16. The first-order valence-corrected chi connectivity index (χ1v) is 3.66. The smallest absolute Gasteiger partial charge is 0.111 e. The Balaban J connectivity index is 3.79. The Labute approximate surface area is 69.5 Å². The second kappa shape index (κ2) is 5.54. The highest BCUT2D eigenvalue weighted by atomic mass is 32.1. The van der Waals surface area contributed by atoms with Gasteiger partial charge in [0.25, 0.3) is 0 Å². The molecule has 0 aromatic carbocycles. The van der Waals surface area contributed by atoms with Gasteiger partial charge in [-0.3, -0.25) is 4.39 Å². The largest absolute Gasteiger partial charge is 0.390 e. The van der Waals surface area contributed by atoms with Crippen LogP contribution in [0.3, 0.4) is 0 Å². The minimum Gasteiger partial charge on any atom is -0.390 e. The highest BCUT2D eigenvalue weighted by Gasteiger charge is 2.22. The van der Waals surface area contributed by atoms with Gasteiger partial charge in [0, 0.05) is 11.8 Å². The lowest BCUT2D eigenvalue weighted by molar-refractivity contribution is -0.0372. The Kier molecular flexibility index (Phi) is 5.49. The maximum atomic E-state index is 11.6. The number of aliphatic hydroxyl groups excluding tert-OH is 3. The number of alkyl halides is 1. The first-order chi connectivity index (χ1) is 5.13. The molecule has 5 heteroatoms. The van der Waals surface area contributed by atoms with Crippen molar-refractivity contribution in [2.45, 2.75) is 24.7 Å². The monoisotopic (exact) mass is 182 g/mol. The minimum atomic E-state index is -1.39. The third-order valence-electron chi connectivity index (χ3n) is 1.29. The highest BCUT2D eigenvalue weighted by molar-refractivity contribution is 7.79. The maximum absolute atomic E-state index is 11.6. The summed E-state index contributed by atoms with van der Waals surface area (Å²) in [5.41, 5.74) is 0. The molecular formula is C6H11FO3S. The summed E-state index contributed by atoms with van der Waals surface area (Å²) in [4.78, 5) is 0. The third kappa shape index (κ3) is 3.71. The molecule has 0 aromatic rings. The molecule has 0 saturated heterocycles. The Morgan fingerprint density at radius 3 is 2.27 bits per heavy atom. The fourth-order valence-corrected chi connectivity index (χ4v) is 0.752. The molecule has 0 unspecified atom stereocenters. The topological polar surface area (TPSA) is 60.7 Å². The normalized spacial score (nSPS) is 18.9. The van der Waals surface area contributed by atoms with E-state index < -0.39 is 25.0 Å². The number of thiocarbonyl (C=S) groups is 1. The first kappa shape index (κ1) is 10.9. The van der Waals surface area contributed by atoms with Crippen molar-refractivity contribution in [1.29, 1.82) is 0 Å². The van der Waals surface area contributed by atoms with E-state index in [1.807, 2.05) is 0 Å². The molecule has 3 nitrogen and oxygen atoms in total.